The molecule has 0 aliphatic carbocycles. The van der Waals surface area contributed by atoms with Crippen LogP contribution in [-0.2, 0) is 22.3 Å². The normalized spacial score (nSPS) is 11.8. The van der Waals surface area contributed by atoms with E-state index in [2.05, 4.69) is 19.8 Å². The lowest BCUT2D eigenvalue weighted by Gasteiger charge is -2.11. The van der Waals surface area contributed by atoms with Gasteiger partial charge < -0.3 is 9.42 Å². The van der Waals surface area contributed by atoms with Crippen LogP contribution in [0.25, 0.3) is 11.0 Å². The van der Waals surface area contributed by atoms with Crippen molar-refractivity contribution in [3.63, 3.8) is 0 Å². The molecule has 24 heavy (non-hydrogen) atoms. The number of nitrogens with one attached hydrogen (secondary N) is 1. The van der Waals surface area contributed by atoms with Gasteiger partial charge >= 0.3 is 0 Å². The van der Waals surface area contributed by atoms with Gasteiger partial charge in [0.1, 0.15) is 11.4 Å². The second-order valence-electron chi connectivity index (χ2n) is 5.45. The molecular formula is C15H17N5O3S. The van der Waals surface area contributed by atoms with Gasteiger partial charge in [0, 0.05) is 25.7 Å². The van der Waals surface area contributed by atoms with Gasteiger partial charge in [-0.15, -0.1) is 0 Å². The number of anilines is 1. The predicted molar refractivity (Wildman–Crippen MR) is 89.8 cm³/mol. The zero-order valence-electron chi connectivity index (χ0n) is 13.3. The van der Waals surface area contributed by atoms with Gasteiger partial charge in [0.05, 0.1) is 12.2 Å². The van der Waals surface area contributed by atoms with Crippen LogP contribution in [0.3, 0.4) is 0 Å². The first-order chi connectivity index (χ1) is 11.4. The van der Waals surface area contributed by atoms with E-state index in [4.69, 9.17) is 4.52 Å². The van der Waals surface area contributed by atoms with Gasteiger partial charge in [-0.2, -0.15) is 0 Å². The predicted octanol–water partition coefficient (Wildman–Crippen LogP) is 1.30. The van der Waals surface area contributed by atoms with Crippen molar-refractivity contribution >= 4 is 26.9 Å². The van der Waals surface area contributed by atoms with Crippen LogP contribution in [0.1, 0.15) is 11.4 Å². The quantitative estimate of drug-likeness (QED) is 0.717. The van der Waals surface area contributed by atoms with E-state index >= 15 is 0 Å². The number of para-hydroxylation sites is 1. The summed E-state index contributed by atoms with van der Waals surface area (Å²) in [5.74, 6) is 0.268. The number of rotatable bonds is 6. The molecule has 0 amide bonds. The highest BCUT2D eigenvalue weighted by atomic mass is 32.2. The third kappa shape index (κ3) is 3.69. The van der Waals surface area contributed by atoms with Gasteiger partial charge in [-0.25, -0.2) is 23.1 Å². The Morgan fingerprint density at radius 2 is 2.00 bits per heavy atom. The van der Waals surface area contributed by atoms with Gasteiger partial charge in [0.2, 0.25) is 16.0 Å². The van der Waals surface area contributed by atoms with Gasteiger partial charge in [-0.3, -0.25) is 0 Å². The SMILES string of the molecule is CN(C)c1nccc(CNS(=O)(=O)Cc2noc3ccccc23)n1. The number of aromatic nitrogens is 3. The van der Waals surface area contributed by atoms with Crippen molar-refractivity contribution in [2.24, 2.45) is 0 Å². The van der Waals surface area contributed by atoms with Crippen molar-refractivity contribution in [1.82, 2.24) is 19.8 Å². The highest BCUT2D eigenvalue weighted by Crippen LogP contribution is 2.19. The van der Waals surface area contributed by atoms with Crippen molar-refractivity contribution < 1.29 is 12.9 Å². The minimum Gasteiger partial charge on any atom is -0.356 e. The van der Waals surface area contributed by atoms with Crippen LogP contribution in [0.4, 0.5) is 5.95 Å². The first kappa shape index (κ1) is 16.3. The lowest BCUT2D eigenvalue weighted by atomic mass is 10.2. The Bertz CT molecular complexity index is 952. The molecule has 1 N–H and O–H groups in total. The van der Waals surface area contributed by atoms with Crippen molar-refractivity contribution in [3.8, 4) is 0 Å². The molecule has 2 heterocycles. The number of nitrogens with zero attached hydrogens (tertiary/aromatic N) is 4. The van der Waals surface area contributed by atoms with Crippen molar-refractivity contribution in [2.75, 3.05) is 19.0 Å². The van der Waals surface area contributed by atoms with E-state index < -0.39 is 10.0 Å². The Morgan fingerprint density at radius 3 is 2.79 bits per heavy atom. The maximum Gasteiger partial charge on any atom is 0.225 e. The van der Waals surface area contributed by atoms with Gasteiger partial charge in [0.25, 0.3) is 0 Å². The fourth-order valence-corrected chi connectivity index (χ4v) is 3.19. The molecular weight excluding hydrogens is 330 g/mol. The molecule has 2 aromatic heterocycles. The van der Waals surface area contributed by atoms with E-state index in [1.165, 1.54) is 0 Å². The number of benzene rings is 1. The lowest BCUT2D eigenvalue weighted by Crippen LogP contribution is -2.25. The van der Waals surface area contributed by atoms with Crippen LogP contribution in [0.2, 0.25) is 0 Å². The molecule has 9 heteroatoms. The van der Waals surface area contributed by atoms with Crippen LogP contribution in [0.15, 0.2) is 41.1 Å². The molecule has 8 nitrogen and oxygen atoms in total. The highest BCUT2D eigenvalue weighted by molar-refractivity contribution is 7.88. The molecule has 0 atom stereocenters. The van der Waals surface area contributed by atoms with Crippen LogP contribution < -0.4 is 9.62 Å². The average Bonchev–Trinajstić information content (AvgIpc) is 2.96. The second-order valence-corrected chi connectivity index (χ2v) is 7.25. The largest absolute Gasteiger partial charge is 0.356 e. The van der Waals surface area contributed by atoms with Crippen LogP contribution in [-0.4, -0.2) is 37.6 Å². The molecule has 1 aromatic carbocycles. The first-order valence-corrected chi connectivity index (χ1v) is 8.90. The standard InChI is InChI=1S/C15H17N5O3S/c1-20(2)15-16-8-7-11(18-15)9-17-24(21,22)10-13-12-5-3-4-6-14(12)23-19-13/h3-8,17H,9-10H2,1-2H3. The summed E-state index contributed by atoms with van der Waals surface area (Å²) in [4.78, 5) is 10.1. The van der Waals surface area contributed by atoms with E-state index in [0.717, 1.165) is 0 Å². The first-order valence-electron chi connectivity index (χ1n) is 7.24. The lowest BCUT2D eigenvalue weighted by molar-refractivity contribution is 0.448. The summed E-state index contributed by atoms with van der Waals surface area (Å²) < 4.78 is 32.2. The summed E-state index contributed by atoms with van der Waals surface area (Å²) in [6, 6.07) is 8.81. The number of hydrogen-bond donors (Lipinski definition) is 1. The van der Waals surface area contributed by atoms with Crippen molar-refractivity contribution in [1.29, 1.82) is 0 Å². The van der Waals surface area contributed by atoms with Gasteiger partial charge in [-0.05, 0) is 18.2 Å². The Balaban J connectivity index is 1.71. The van der Waals surface area contributed by atoms with Crippen LogP contribution >= 0.6 is 0 Å². The van der Waals surface area contributed by atoms with Crippen molar-refractivity contribution in [3.05, 3.63) is 47.9 Å². The summed E-state index contributed by atoms with van der Waals surface area (Å²) >= 11 is 0. The van der Waals surface area contributed by atoms with Crippen molar-refractivity contribution in [2.45, 2.75) is 12.3 Å². The summed E-state index contributed by atoms with van der Waals surface area (Å²) in [6.07, 6.45) is 1.59. The smallest absolute Gasteiger partial charge is 0.225 e. The molecule has 126 valence electrons. The minimum atomic E-state index is -3.57. The van der Waals surface area contributed by atoms with E-state index in [-0.39, 0.29) is 12.3 Å². The zero-order valence-corrected chi connectivity index (χ0v) is 14.1. The topological polar surface area (TPSA) is 101 Å². The monoisotopic (exact) mass is 347 g/mol. The maximum atomic E-state index is 12.3. The molecule has 0 aliphatic rings. The average molecular weight is 347 g/mol. The molecule has 0 saturated carbocycles. The fourth-order valence-electron chi connectivity index (χ4n) is 2.16. The molecule has 0 saturated heterocycles. The molecule has 3 rings (SSSR count). The number of hydrogen-bond acceptors (Lipinski definition) is 7. The fraction of sp³-hybridized carbons (Fsp3) is 0.267. The number of fused-ring (bicyclic) bond motifs is 1. The summed E-state index contributed by atoms with van der Waals surface area (Å²) in [6.45, 7) is 0.0848. The summed E-state index contributed by atoms with van der Waals surface area (Å²) in [5.41, 5.74) is 1.53. The van der Waals surface area contributed by atoms with Gasteiger partial charge in [0.15, 0.2) is 5.58 Å². The third-order valence-electron chi connectivity index (χ3n) is 3.35. The van der Waals surface area contributed by atoms with E-state index in [0.29, 0.717) is 28.3 Å². The zero-order chi connectivity index (χ0) is 17.2. The molecule has 0 spiro atoms. The maximum absolute atomic E-state index is 12.3. The Labute approximate surface area is 139 Å². The molecule has 3 aromatic rings. The molecule has 0 aliphatic heterocycles. The summed E-state index contributed by atoms with van der Waals surface area (Å²) in [7, 11) is 0.0630. The second kappa shape index (κ2) is 6.54. The Morgan fingerprint density at radius 1 is 1.21 bits per heavy atom. The third-order valence-corrected chi connectivity index (χ3v) is 4.59. The molecule has 0 bridgehead atoms. The molecule has 0 radical (unpaired) electrons. The van der Waals surface area contributed by atoms with E-state index in [9.17, 15) is 8.42 Å². The highest BCUT2D eigenvalue weighted by Gasteiger charge is 2.17. The van der Waals surface area contributed by atoms with Gasteiger partial charge in [-0.1, -0.05) is 17.3 Å². The van der Waals surface area contributed by atoms with E-state index in [1.54, 1.807) is 29.3 Å². The molecule has 0 unspecified atom stereocenters. The Hall–Kier alpha value is -2.52. The molecule has 0 fully saturated rings. The Kier molecular flexibility index (Phi) is 4.45. The number of sulfonamides is 1. The van der Waals surface area contributed by atoms with Crippen LogP contribution in [0.5, 0.6) is 0 Å². The van der Waals surface area contributed by atoms with E-state index in [1.807, 2.05) is 26.2 Å². The van der Waals surface area contributed by atoms with Crippen LogP contribution in [0, 0.1) is 0 Å². The summed E-state index contributed by atoms with van der Waals surface area (Å²) in [5, 5.41) is 4.54. The minimum absolute atomic E-state index is 0.0848.